The summed E-state index contributed by atoms with van der Waals surface area (Å²) in [5, 5.41) is 23.8. The molecule has 0 saturated heterocycles. The van der Waals surface area contributed by atoms with Gasteiger partial charge in [-0.25, -0.2) is 0 Å². The maximum Gasteiger partial charge on any atom is 0.101 e. The smallest absolute Gasteiger partial charge is 0.101 e. The van der Waals surface area contributed by atoms with E-state index in [2.05, 4.69) is 5.10 Å². The van der Waals surface area contributed by atoms with Crippen LogP contribution in [0, 0.1) is 0 Å². The summed E-state index contributed by atoms with van der Waals surface area (Å²) in [5.41, 5.74) is 1.63. The van der Waals surface area contributed by atoms with Gasteiger partial charge in [0.25, 0.3) is 0 Å². The summed E-state index contributed by atoms with van der Waals surface area (Å²) in [6.45, 7) is -0.0356. The third-order valence-corrected chi connectivity index (χ3v) is 2.50. The zero-order chi connectivity index (χ0) is 10.8. The second kappa shape index (κ2) is 4.00. The molecule has 80 valence electrons. The molecule has 0 saturated carbocycles. The second-order valence-corrected chi connectivity index (χ2v) is 3.55. The van der Waals surface area contributed by atoms with Crippen molar-refractivity contribution in [1.82, 2.24) is 9.78 Å². The minimum Gasteiger partial charge on any atom is -0.396 e. The van der Waals surface area contributed by atoms with Crippen LogP contribution in [0.3, 0.4) is 0 Å². The van der Waals surface area contributed by atoms with Crippen molar-refractivity contribution >= 4 is 10.9 Å². The van der Waals surface area contributed by atoms with Crippen LogP contribution < -0.4 is 0 Å². The van der Waals surface area contributed by atoms with Crippen LogP contribution in [0.1, 0.15) is 18.2 Å². The number of nitrogens with zero attached hydrogens (tertiary/aromatic N) is 2. The number of aliphatic hydroxyl groups excluding tert-OH is 2. The van der Waals surface area contributed by atoms with E-state index in [0.29, 0.717) is 12.1 Å². The van der Waals surface area contributed by atoms with Crippen LogP contribution in [0.15, 0.2) is 24.3 Å². The molecule has 0 fully saturated rings. The first-order valence-electron chi connectivity index (χ1n) is 4.94. The molecule has 0 aliphatic rings. The van der Waals surface area contributed by atoms with Crippen LogP contribution in [0.2, 0.25) is 0 Å². The Bertz CT molecular complexity index is 465. The standard InChI is InChI=1S/C11H14N2O2/c1-13-9-5-3-2-4-8(9)11(12-13)10(15)6-7-14/h2-5,10,14-15H,6-7H2,1H3/t10-/m0/s1. The molecule has 0 unspecified atom stereocenters. The lowest BCUT2D eigenvalue weighted by atomic mass is 10.1. The zero-order valence-corrected chi connectivity index (χ0v) is 8.59. The van der Waals surface area contributed by atoms with Crippen molar-refractivity contribution in [3.05, 3.63) is 30.0 Å². The number of aliphatic hydroxyl groups is 2. The van der Waals surface area contributed by atoms with E-state index < -0.39 is 6.10 Å². The Balaban J connectivity index is 2.52. The number of rotatable bonds is 3. The molecular formula is C11H14N2O2. The van der Waals surface area contributed by atoms with Crippen molar-refractivity contribution in [2.45, 2.75) is 12.5 Å². The van der Waals surface area contributed by atoms with Crippen LogP contribution in [0.5, 0.6) is 0 Å². The van der Waals surface area contributed by atoms with Gasteiger partial charge in [0, 0.05) is 25.5 Å². The van der Waals surface area contributed by atoms with Crippen LogP contribution in [-0.2, 0) is 7.05 Å². The van der Waals surface area contributed by atoms with Gasteiger partial charge in [0.2, 0.25) is 0 Å². The highest BCUT2D eigenvalue weighted by molar-refractivity contribution is 5.82. The molecule has 2 N–H and O–H groups in total. The molecule has 0 spiro atoms. The molecule has 15 heavy (non-hydrogen) atoms. The predicted octanol–water partition coefficient (Wildman–Crippen LogP) is 0.989. The first-order valence-corrected chi connectivity index (χ1v) is 4.94. The van der Waals surface area contributed by atoms with Gasteiger partial charge in [-0.15, -0.1) is 0 Å². The Morgan fingerprint density at radius 3 is 2.87 bits per heavy atom. The minimum absolute atomic E-state index is 0.0356. The maximum atomic E-state index is 9.80. The number of aromatic nitrogens is 2. The van der Waals surface area contributed by atoms with E-state index in [4.69, 9.17) is 5.11 Å². The normalized spacial score (nSPS) is 13.3. The fourth-order valence-electron chi connectivity index (χ4n) is 1.75. The Morgan fingerprint density at radius 1 is 1.40 bits per heavy atom. The molecule has 0 aliphatic carbocycles. The van der Waals surface area contributed by atoms with Gasteiger partial charge in [-0.3, -0.25) is 4.68 Å². The highest BCUT2D eigenvalue weighted by atomic mass is 16.3. The molecule has 0 bridgehead atoms. The highest BCUT2D eigenvalue weighted by Crippen LogP contribution is 2.24. The van der Waals surface area contributed by atoms with Gasteiger partial charge in [-0.05, 0) is 6.07 Å². The predicted molar refractivity (Wildman–Crippen MR) is 57.4 cm³/mol. The molecule has 2 aromatic rings. The molecule has 4 nitrogen and oxygen atoms in total. The van der Waals surface area contributed by atoms with Crippen LogP contribution in [-0.4, -0.2) is 26.6 Å². The van der Waals surface area contributed by atoms with Gasteiger partial charge in [-0.2, -0.15) is 5.10 Å². The molecule has 4 heteroatoms. The molecule has 1 aromatic carbocycles. The van der Waals surface area contributed by atoms with Gasteiger partial charge < -0.3 is 10.2 Å². The average Bonchev–Trinajstić information content (AvgIpc) is 2.58. The summed E-state index contributed by atoms with van der Waals surface area (Å²) >= 11 is 0. The maximum absolute atomic E-state index is 9.80. The van der Waals surface area contributed by atoms with Crippen molar-refractivity contribution in [2.24, 2.45) is 7.05 Å². The van der Waals surface area contributed by atoms with E-state index in [1.165, 1.54) is 0 Å². The minimum atomic E-state index is -0.693. The molecular weight excluding hydrogens is 192 g/mol. The van der Waals surface area contributed by atoms with Crippen molar-refractivity contribution in [1.29, 1.82) is 0 Å². The van der Waals surface area contributed by atoms with Gasteiger partial charge in [0.15, 0.2) is 0 Å². The lowest BCUT2D eigenvalue weighted by Gasteiger charge is -2.04. The molecule has 0 radical (unpaired) electrons. The first-order chi connectivity index (χ1) is 7.24. The highest BCUT2D eigenvalue weighted by Gasteiger charge is 2.15. The van der Waals surface area contributed by atoms with Gasteiger partial charge in [0.05, 0.1) is 11.2 Å². The van der Waals surface area contributed by atoms with Crippen LogP contribution in [0.4, 0.5) is 0 Å². The summed E-state index contributed by atoms with van der Waals surface area (Å²) in [6, 6.07) is 7.74. The number of hydrogen-bond donors (Lipinski definition) is 2. The Morgan fingerprint density at radius 2 is 2.13 bits per heavy atom. The Hall–Kier alpha value is -1.39. The molecule has 0 amide bonds. The summed E-state index contributed by atoms with van der Waals surface area (Å²) in [6.07, 6.45) is -0.373. The summed E-state index contributed by atoms with van der Waals surface area (Å²) in [4.78, 5) is 0. The van der Waals surface area contributed by atoms with Crippen molar-refractivity contribution in [3.63, 3.8) is 0 Å². The lowest BCUT2D eigenvalue weighted by molar-refractivity contribution is 0.131. The van der Waals surface area contributed by atoms with Gasteiger partial charge >= 0.3 is 0 Å². The van der Waals surface area contributed by atoms with Crippen LogP contribution in [0.25, 0.3) is 10.9 Å². The third-order valence-electron chi connectivity index (χ3n) is 2.50. The number of hydrogen-bond acceptors (Lipinski definition) is 3. The van der Waals surface area contributed by atoms with Crippen molar-refractivity contribution < 1.29 is 10.2 Å². The number of para-hydroxylation sites is 1. The van der Waals surface area contributed by atoms with E-state index in [-0.39, 0.29) is 6.61 Å². The number of benzene rings is 1. The second-order valence-electron chi connectivity index (χ2n) is 3.55. The lowest BCUT2D eigenvalue weighted by Crippen LogP contribution is -2.02. The number of fused-ring (bicyclic) bond motifs is 1. The largest absolute Gasteiger partial charge is 0.396 e. The van der Waals surface area contributed by atoms with Crippen molar-refractivity contribution in [2.75, 3.05) is 6.61 Å². The summed E-state index contributed by atoms with van der Waals surface area (Å²) in [7, 11) is 1.84. The fraction of sp³-hybridized carbons (Fsp3) is 0.364. The van der Waals surface area contributed by atoms with E-state index >= 15 is 0 Å². The SMILES string of the molecule is Cn1nc([C@@H](O)CCO)c2ccccc21. The summed E-state index contributed by atoms with van der Waals surface area (Å²) in [5.74, 6) is 0. The molecule has 1 aromatic heterocycles. The summed E-state index contributed by atoms with van der Waals surface area (Å²) < 4.78 is 1.74. The molecule has 0 aliphatic heterocycles. The number of aryl methyl sites for hydroxylation is 1. The van der Waals surface area contributed by atoms with E-state index in [1.54, 1.807) is 4.68 Å². The average molecular weight is 206 g/mol. The van der Waals surface area contributed by atoms with E-state index in [9.17, 15) is 5.11 Å². The molecule has 1 atom stereocenters. The van der Waals surface area contributed by atoms with Crippen molar-refractivity contribution in [3.8, 4) is 0 Å². The fourth-order valence-corrected chi connectivity index (χ4v) is 1.75. The monoisotopic (exact) mass is 206 g/mol. The third kappa shape index (κ3) is 1.73. The topological polar surface area (TPSA) is 58.3 Å². The molecule has 2 rings (SSSR count). The van der Waals surface area contributed by atoms with E-state index in [0.717, 1.165) is 10.9 Å². The zero-order valence-electron chi connectivity index (χ0n) is 8.59. The van der Waals surface area contributed by atoms with Gasteiger partial charge in [-0.1, -0.05) is 18.2 Å². The quantitative estimate of drug-likeness (QED) is 0.787. The van der Waals surface area contributed by atoms with Gasteiger partial charge in [0.1, 0.15) is 6.10 Å². The molecule has 1 heterocycles. The first kappa shape index (κ1) is 10.1. The van der Waals surface area contributed by atoms with Crippen LogP contribution >= 0.6 is 0 Å². The Kier molecular flexibility index (Phi) is 2.70. The Labute approximate surface area is 87.8 Å². The van der Waals surface area contributed by atoms with E-state index in [1.807, 2.05) is 31.3 Å².